The number of rotatable bonds is 2. The summed E-state index contributed by atoms with van der Waals surface area (Å²) in [6, 6.07) is 3.28. The molecule has 0 fully saturated rings. The van der Waals surface area contributed by atoms with E-state index in [1.165, 1.54) is 0 Å². The molecule has 0 amide bonds. The molecule has 2 rings (SSSR count). The number of carbonyl (C=O) groups is 1. The topological polar surface area (TPSA) is 52.3 Å². The Bertz CT molecular complexity index is 589. The normalized spacial score (nSPS) is 10.4. The monoisotopic (exact) mass is 317 g/mol. The van der Waals surface area contributed by atoms with Crippen molar-refractivity contribution >= 4 is 21.9 Å². The van der Waals surface area contributed by atoms with Crippen molar-refractivity contribution in [2.24, 2.45) is 0 Å². The predicted molar refractivity (Wildman–Crippen MR) is 60.9 cm³/mol. The van der Waals surface area contributed by atoms with E-state index in [1.807, 2.05) is 0 Å². The molecule has 0 unspecified atom stereocenters. The Hall–Kier alpha value is -1.76. The molecule has 1 aromatic carbocycles. The second kappa shape index (κ2) is 4.85. The molecule has 0 spiro atoms. The molecule has 1 aromatic heterocycles. The van der Waals surface area contributed by atoms with Gasteiger partial charge < -0.3 is 9.26 Å². The molecule has 0 aliphatic rings. The summed E-state index contributed by atoms with van der Waals surface area (Å²) < 4.78 is 36.6. The Morgan fingerprint density at radius 3 is 2.50 bits per heavy atom. The Morgan fingerprint density at radius 1 is 1.33 bits per heavy atom. The molecule has 4 nitrogen and oxygen atoms in total. The molecule has 0 aliphatic carbocycles. The highest BCUT2D eigenvalue weighted by Gasteiger charge is 2.20. The summed E-state index contributed by atoms with van der Waals surface area (Å²) in [5, 5.41) is 3.37. The first-order chi connectivity index (χ1) is 8.52. The fraction of sp³-hybridized carbons (Fsp3) is 0.0909. The Kier molecular flexibility index (Phi) is 3.42. The number of halogens is 3. The third-order valence-electron chi connectivity index (χ3n) is 2.16. The first kappa shape index (κ1) is 12.7. The fourth-order valence-electron chi connectivity index (χ4n) is 1.37. The maximum absolute atomic E-state index is 13.6. The molecule has 0 radical (unpaired) electrons. The van der Waals surface area contributed by atoms with Crippen LogP contribution in [0, 0.1) is 11.6 Å². The van der Waals surface area contributed by atoms with Gasteiger partial charge in [0.25, 0.3) is 0 Å². The number of hydrogen-bond donors (Lipinski definition) is 0. The van der Waals surface area contributed by atoms with Crippen LogP contribution < -0.4 is 0 Å². The average molecular weight is 318 g/mol. The number of hydrogen-bond acceptors (Lipinski definition) is 4. The highest BCUT2D eigenvalue weighted by atomic mass is 79.9. The van der Waals surface area contributed by atoms with E-state index in [9.17, 15) is 13.6 Å². The zero-order valence-corrected chi connectivity index (χ0v) is 10.6. The van der Waals surface area contributed by atoms with E-state index < -0.39 is 17.6 Å². The Morgan fingerprint density at radius 2 is 1.94 bits per heavy atom. The van der Waals surface area contributed by atoms with Gasteiger partial charge in [0, 0.05) is 10.5 Å². The van der Waals surface area contributed by atoms with E-state index in [2.05, 4.69) is 25.8 Å². The van der Waals surface area contributed by atoms with Crippen molar-refractivity contribution in [2.75, 3.05) is 7.11 Å². The fourth-order valence-corrected chi connectivity index (χ4v) is 1.77. The van der Waals surface area contributed by atoms with E-state index in [-0.39, 0.29) is 21.5 Å². The van der Waals surface area contributed by atoms with E-state index in [4.69, 9.17) is 4.52 Å². The number of esters is 1. The maximum atomic E-state index is 13.6. The smallest absolute Gasteiger partial charge is 0.360 e. The van der Waals surface area contributed by atoms with Gasteiger partial charge in [-0.2, -0.15) is 0 Å². The number of aromatic nitrogens is 1. The number of nitrogens with zero attached hydrogens (tertiary/aromatic N) is 1. The van der Waals surface area contributed by atoms with Crippen molar-refractivity contribution in [1.82, 2.24) is 5.16 Å². The van der Waals surface area contributed by atoms with Crippen LogP contribution >= 0.6 is 15.9 Å². The molecule has 2 aromatic rings. The quantitative estimate of drug-likeness (QED) is 0.798. The summed E-state index contributed by atoms with van der Waals surface area (Å²) in [6.45, 7) is 0. The van der Waals surface area contributed by atoms with E-state index >= 15 is 0 Å². The van der Waals surface area contributed by atoms with Crippen LogP contribution in [0.4, 0.5) is 8.78 Å². The first-order valence-corrected chi connectivity index (χ1v) is 5.52. The molecule has 94 valence electrons. The minimum atomic E-state index is -0.825. The van der Waals surface area contributed by atoms with Gasteiger partial charge in [-0.15, -0.1) is 0 Å². The van der Waals surface area contributed by atoms with Gasteiger partial charge in [0.1, 0.15) is 11.6 Å². The van der Waals surface area contributed by atoms with Gasteiger partial charge in [0.15, 0.2) is 11.5 Å². The Labute approximate surface area is 109 Å². The molecule has 0 saturated heterocycles. The molecule has 0 saturated carbocycles. The zero-order valence-electron chi connectivity index (χ0n) is 9.04. The largest absolute Gasteiger partial charge is 0.464 e. The summed E-state index contributed by atoms with van der Waals surface area (Å²) in [7, 11) is 1.16. The molecule has 7 heteroatoms. The number of ether oxygens (including phenoxy) is 1. The average Bonchev–Trinajstić information content (AvgIpc) is 2.76. The van der Waals surface area contributed by atoms with Gasteiger partial charge in [-0.3, -0.25) is 0 Å². The van der Waals surface area contributed by atoms with Gasteiger partial charge in [-0.25, -0.2) is 13.6 Å². The third-order valence-corrected chi connectivity index (χ3v) is 2.62. The van der Waals surface area contributed by atoms with Crippen LogP contribution in [-0.4, -0.2) is 18.2 Å². The van der Waals surface area contributed by atoms with Crippen molar-refractivity contribution in [3.8, 4) is 11.3 Å². The van der Waals surface area contributed by atoms with Gasteiger partial charge in [-0.05, 0) is 12.1 Å². The summed E-state index contributed by atoms with van der Waals surface area (Å²) >= 11 is 2.96. The third kappa shape index (κ3) is 2.26. The summed E-state index contributed by atoms with van der Waals surface area (Å²) in [6.07, 6.45) is 0. The van der Waals surface area contributed by atoms with Crippen LogP contribution in [0.5, 0.6) is 0 Å². The molecule has 0 N–H and O–H groups in total. The number of methoxy groups -OCH3 is 1. The lowest BCUT2D eigenvalue weighted by molar-refractivity contribution is 0.0589. The first-order valence-electron chi connectivity index (χ1n) is 4.73. The molecule has 0 bridgehead atoms. The van der Waals surface area contributed by atoms with Crippen molar-refractivity contribution in [3.05, 3.63) is 40.0 Å². The Balaban J connectivity index is 2.49. The summed E-state index contributed by atoms with van der Waals surface area (Å²) in [5.74, 6) is -2.58. The van der Waals surface area contributed by atoms with Crippen LogP contribution in [0.25, 0.3) is 11.3 Å². The van der Waals surface area contributed by atoms with E-state index in [1.54, 1.807) is 0 Å². The molecule has 18 heavy (non-hydrogen) atoms. The predicted octanol–water partition coefficient (Wildman–Crippen LogP) is 3.17. The standard InChI is InChI=1S/C11H6BrF2NO3/c1-17-11(16)8-4-9(18-15-8)10-6(13)2-5(12)3-7(10)14/h2-4H,1H3. The minimum absolute atomic E-state index is 0.158. The minimum Gasteiger partial charge on any atom is -0.464 e. The van der Waals surface area contributed by atoms with Gasteiger partial charge in [0.2, 0.25) is 0 Å². The van der Waals surface area contributed by atoms with Crippen LogP contribution in [0.3, 0.4) is 0 Å². The highest BCUT2D eigenvalue weighted by molar-refractivity contribution is 9.10. The lowest BCUT2D eigenvalue weighted by Gasteiger charge is -2.01. The van der Waals surface area contributed by atoms with Crippen LogP contribution in [0.2, 0.25) is 0 Å². The SMILES string of the molecule is COC(=O)c1cc(-c2c(F)cc(Br)cc2F)on1. The van der Waals surface area contributed by atoms with Crippen molar-refractivity contribution < 1.29 is 22.8 Å². The van der Waals surface area contributed by atoms with Crippen molar-refractivity contribution in [1.29, 1.82) is 0 Å². The molecular weight excluding hydrogens is 312 g/mol. The van der Waals surface area contributed by atoms with E-state index in [0.29, 0.717) is 0 Å². The van der Waals surface area contributed by atoms with Gasteiger partial charge in [0.05, 0.1) is 12.7 Å². The summed E-state index contributed by atoms with van der Waals surface area (Å²) in [5.41, 5.74) is -0.546. The van der Waals surface area contributed by atoms with E-state index in [0.717, 1.165) is 25.3 Å². The maximum Gasteiger partial charge on any atom is 0.360 e. The number of carbonyl (C=O) groups excluding carboxylic acids is 1. The lowest BCUT2D eigenvalue weighted by atomic mass is 10.1. The van der Waals surface area contributed by atoms with Gasteiger partial charge >= 0.3 is 5.97 Å². The molecule has 0 atom stereocenters. The molecule has 1 heterocycles. The van der Waals surface area contributed by atoms with Crippen molar-refractivity contribution in [2.45, 2.75) is 0 Å². The summed E-state index contributed by atoms with van der Waals surface area (Å²) in [4.78, 5) is 11.1. The second-order valence-electron chi connectivity index (χ2n) is 3.31. The van der Waals surface area contributed by atoms with Crippen LogP contribution in [-0.2, 0) is 4.74 Å². The highest BCUT2D eigenvalue weighted by Crippen LogP contribution is 2.29. The van der Waals surface area contributed by atoms with Crippen molar-refractivity contribution in [3.63, 3.8) is 0 Å². The molecular formula is C11H6BrF2NO3. The number of benzene rings is 1. The zero-order chi connectivity index (χ0) is 13.3. The lowest BCUT2D eigenvalue weighted by Crippen LogP contribution is -2.00. The van der Waals surface area contributed by atoms with Crippen LogP contribution in [0.1, 0.15) is 10.5 Å². The van der Waals surface area contributed by atoms with Crippen LogP contribution in [0.15, 0.2) is 27.2 Å². The second-order valence-corrected chi connectivity index (χ2v) is 4.23. The van der Waals surface area contributed by atoms with Gasteiger partial charge in [-0.1, -0.05) is 21.1 Å². The molecule has 0 aliphatic heterocycles.